The first kappa shape index (κ1) is 20.5. The highest BCUT2D eigenvalue weighted by Crippen LogP contribution is 2.60. The fourth-order valence-electron chi connectivity index (χ4n) is 6.16. The van der Waals surface area contributed by atoms with E-state index < -0.39 is 0 Å². The van der Waals surface area contributed by atoms with Crippen LogP contribution in [-0.4, -0.2) is 38.8 Å². The summed E-state index contributed by atoms with van der Waals surface area (Å²) in [5.74, 6) is 1.32. The first-order valence-corrected chi connectivity index (χ1v) is 11.8. The highest BCUT2D eigenvalue weighted by Gasteiger charge is 2.62. The maximum atomic E-state index is 13.7. The Hall–Kier alpha value is -3.12. The zero-order valence-corrected chi connectivity index (χ0v) is 19.2. The Labute approximate surface area is 194 Å². The van der Waals surface area contributed by atoms with Crippen molar-refractivity contribution in [1.29, 1.82) is 0 Å². The predicted octanol–water partition coefficient (Wildman–Crippen LogP) is 4.08. The molecule has 1 amide bonds. The molecule has 6 heteroatoms. The number of piperidine rings is 1. The molecule has 6 nitrogen and oxygen atoms in total. The number of aliphatic hydroxyl groups excluding tert-OH is 1. The molecule has 0 spiro atoms. The van der Waals surface area contributed by atoms with Gasteiger partial charge in [-0.05, 0) is 49.3 Å². The molecule has 3 aromatic rings. The molecule has 3 aliphatic rings. The standard InChI is InChI=1S/C27H30N4O2/c1-26(2)13-23(18-8-4-3-5-9-18)29-24-21(14-28-31(24)26)25(33)30-15-20-12-27(20,17-30)22-11-7-6-10-19(22)16-32/h3-11,14,20,23,29,32H,12-13,15-17H2,1-2H3/t20?,23-,27?/m1/s1. The maximum absolute atomic E-state index is 13.7. The van der Waals surface area contributed by atoms with Gasteiger partial charge in [0.1, 0.15) is 11.4 Å². The van der Waals surface area contributed by atoms with Crippen molar-refractivity contribution in [3.63, 3.8) is 0 Å². The number of carbonyl (C=O) groups excluding carboxylic acids is 1. The number of hydrogen-bond donors (Lipinski definition) is 2. The van der Waals surface area contributed by atoms with E-state index in [2.05, 4.69) is 54.6 Å². The fraction of sp³-hybridized carbons (Fsp3) is 0.407. The van der Waals surface area contributed by atoms with Crippen molar-refractivity contribution in [1.82, 2.24) is 14.7 Å². The second-order valence-corrected chi connectivity index (χ2v) is 10.5. The van der Waals surface area contributed by atoms with Crippen molar-refractivity contribution in [3.8, 4) is 0 Å². The third kappa shape index (κ3) is 3.11. The number of hydrogen-bond acceptors (Lipinski definition) is 4. The summed E-state index contributed by atoms with van der Waals surface area (Å²) in [5.41, 5.74) is 3.84. The van der Waals surface area contributed by atoms with Crippen molar-refractivity contribution in [2.75, 3.05) is 18.4 Å². The average Bonchev–Trinajstić information content (AvgIpc) is 3.17. The van der Waals surface area contributed by atoms with E-state index in [9.17, 15) is 9.90 Å². The van der Waals surface area contributed by atoms with Crippen LogP contribution in [0.25, 0.3) is 0 Å². The zero-order valence-electron chi connectivity index (χ0n) is 19.2. The molecule has 0 bridgehead atoms. The van der Waals surface area contributed by atoms with Gasteiger partial charge in [0.05, 0.1) is 24.4 Å². The normalized spacial score (nSPS) is 26.9. The van der Waals surface area contributed by atoms with E-state index >= 15 is 0 Å². The molecule has 1 aromatic heterocycles. The van der Waals surface area contributed by atoms with Crippen LogP contribution in [-0.2, 0) is 17.6 Å². The van der Waals surface area contributed by atoms with Crippen LogP contribution in [0.3, 0.4) is 0 Å². The molecular formula is C27H30N4O2. The number of aromatic nitrogens is 2. The minimum Gasteiger partial charge on any atom is -0.392 e. The molecule has 2 N–H and O–H groups in total. The van der Waals surface area contributed by atoms with E-state index in [-0.39, 0.29) is 29.5 Å². The molecule has 2 unspecified atom stereocenters. The molecule has 1 aliphatic carbocycles. The van der Waals surface area contributed by atoms with Crippen LogP contribution < -0.4 is 5.32 Å². The maximum Gasteiger partial charge on any atom is 0.259 e. The van der Waals surface area contributed by atoms with Gasteiger partial charge in [0.25, 0.3) is 5.91 Å². The van der Waals surface area contributed by atoms with Gasteiger partial charge in [-0.15, -0.1) is 0 Å². The van der Waals surface area contributed by atoms with Gasteiger partial charge in [-0.25, -0.2) is 4.68 Å². The summed E-state index contributed by atoms with van der Waals surface area (Å²) >= 11 is 0. The molecule has 33 heavy (non-hydrogen) atoms. The van der Waals surface area contributed by atoms with E-state index in [1.165, 1.54) is 11.1 Å². The van der Waals surface area contributed by atoms with Crippen molar-refractivity contribution in [2.45, 2.75) is 50.3 Å². The summed E-state index contributed by atoms with van der Waals surface area (Å²) < 4.78 is 1.98. The van der Waals surface area contributed by atoms with Crippen LogP contribution in [0.4, 0.5) is 5.82 Å². The van der Waals surface area contributed by atoms with Crippen LogP contribution in [0.2, 0.25) is 0 Å². The summed E-state index contributed by atoms with van der Waals surface area (Å²) in [4.78, 5) is 15.7. The number of rotatable bonds is 4. The number of likely N-dealkylation sites (tertiary alicyclic amines) is 1. The first-order chi connectivity index (χ1) is 15.9. The van der Waals surface area contributed by atoms with Gasteiger partial charge >= 0.3 is 0 Å². The summed E-state index contributed by atoms with van der Waals surface area (Å²) in [5, 5.41) is 18.1. The van der Waals surface area contributed by atoms with Gasteiger partial charge in [-0.3, -0.25) is 4.79 Å². The Balaban J connectivity index is 1.29. The number of aliphatic hydroxyl groups is 1. The number of amides is 1. The number of benzene rings is 2. The number of nitrogens with zero attached hydrogens (tertiary/aromatic N) is 3. The number of carbonyl (C=O) groups is 1. The average molecular weight is 443 g/mol. The largest absolute Gasteiger partial charge is 0.392 e. The number of fused-ring (bicyclic) bond motifs is 2. The summed E-state index contributed by atoms with van der Waals surface area (Å²) in [6.07, 6.45) is 3.71. The Morgan fingerprint density at radius 1 is 1.12 bits per heavy atom. The quantitative estimate of drug-likeness (QED) is 0.639. The second kappa shape index (κ2) is 7.19. The van der Waals surface area contributed by atoms with Crippen LogP contribution in [0.1, 0.15) is 59.8 Å². The van der Waals surface area contributed by atoms with E-state index in [0.717, 1.165) is 30.8 Å². The minimum atomic E-state index is -0.200. The minimum absolute atomic E-state index is 0.0124. The Morgan fingerprint density at radius 2 is 1.88 bits per heavy atom. The summed E-state index contributed by atoms with van der Waals surface area (Å²) in [7, 11) is 0. The molecule has 2 aromatic carbocycles. The lowest BCUT2D eigenvalue weighted by molar-refractivity contribution is 0.0772. The SMILES string of the molecule is CC1(C)C[C@H](c2ccccc2)Nc2c(C(=O)N3CC4CC4(c4ccccc4CO)C3)cnn21. The van der Waals surface area contributed by atoms with E-state index in [1.807, 2.05) is 33.8 Å². The van der Waals surface area contributed by atoms with Crippen molar-refractivity contribution < 1.29 is 9.90 Å². The predicted molar refractivity (Wildman–Crippen MR) is 127 cm³/mol. The monoisotopic (exact) mass is 442 g/mol. The highest BCUT2D eigenvalue weighted by atomic mass is 16.3. The Kier molecular flexibility index (Phi) is 4.46. The topological polar surface area (TPSA) is 70.4 Å². The van der Waals surface area contributed by atoms with Crippen LogP contribution in [0, 0.1) is 5.92 Å². The lowest BCUT2D eigenvalue weighted by atomic mass is 9.89. The number of nitrogens with one attached hydrogen (secondary N) is 1. The molecule has 1 saturated heterocycles. The molecule has 2 fully saturated rings. The molecule has 3 heterocycles. The Morgan fingerprint density at radius 3 is 2.67 bits per heavy atom. The molecule has 1 saturated carbocycles. The van der Waals surface area contributed by atoms with Gasteiger partial charge in [0, 0.05) is 18.5 Å². The van der Waals surface area contributed by atoms with E-state index in [1.54, 1.807) is 6.20 Å². The first-order valence-electron chi connectivity index (χ1n) is 11.8. The third-order valence-corrected chi connectivity index (χ3v) is 7.95. The summed E-state index contributed by atoms with van der Waals surface area (Å²) in [6.45, 7) is 5.86. The lowest BCUT2D eigenvalue weighted by Crippen LogP contribution is -2.39. The van der Waals surface area contributed by atoms with Crippen molar-refractivity contribution in [3.05, 3.63) is 83.0 Å². The zero-order chi connectivity index (χ0) is 22.8. The smallest absolute Gasteiger partial charge is 0.259 e. The van der Waals surface area contributed by atoms with Crippen molar-refractivity contribution in [2.24, 2.45) is 5.92 Å². The molecule has 0 radical (unpaired) electrons. The van der Waals surface area contributed by atoms with Gasteiger partial charge in [0.2, 0.25) is 0 Å². The van der Waals surface area contributed by atoms with E-state index in [4.69, 9.17) is 0 Å². The van der Waals surface area contributed by atoms with Crippen LogP contribution in [0.15, 0.2) is 60.8 Å². The van der Waals surface area contributed by atoms with Gasteiger partial charge < -0.3 is 15.3 Å². The lowest BCUT2D eigenvalue weighted by Gasteiger charge is -2.38. The molecule has 3 atom stereocenters. The second-order valence-electron chi connectivity index (χ2n) is 10.5. The fourth-order valence-corrected chi connectivity index (χ4v) is 6.16. The van der Waals surface area contributed by atoms with Crippen molar-refractivity contribution >= 4 is 11.7 Å². The third-order valence-electron chi connectivity index (χ3n) is 7.95. The highest BCUT2D eigenvalue weighted by molar-refractivity contribution is 5.99. The van der Waals surface area contributed by atoms with Gasteiger partial charge in [0.15, 0.2) is 0 Å². The van der Waals surface area contributed by atoms with Crippen LogP contribution in [0.5, 0.6) is 0 Å². The van der Waals surface area contributed by atoms with Gasteiger partial charge in [-0.1, -0.05) is 54.6 Å². The molecule has 2 aliphatic heterocycles. The Bertz CT molecular complexity index is 1220. The van der Waals surface area contributed by atoms with Gasteiger partial charge in [-0.2, -0.15) is 5.10 Å². The summed E-state index contributed by atoms with van der Waals surface area (Å²) in [6, 6.07) is 18.7. The molecular weight excluding hydrogens is 412 g/mol. The van der Waals surface area contributed by atoms with E-state index in [0.29, 0.717) is 18.0 Å². The molecule has 170 valence electrons. The molecule has 6 rings (SSSR count). The van der Waals surface area contributed by atoms with Crippen LogP contribution >= 0.6 is 0 Å². The number of anilines is 1.